The standard InChI is InChI=1S/C9H13NO3/c1-3-13-8(12)9(2)6-7(11)4-5-10-9/h4-5,10H,3,6H2,1-2H3. The molecule has 4 heteroatoms. The molecular formula is C9H13NO3. The average molecular weight is 183 g/mol. The topological polar surface area (TPSA) is 55.4 Å². The summed E-state index contributed by atoms with van der Waals surface area (Å²) >= 11 is 0. The predicted octanol–water partition coefficient (Wildman–Crippen LogP) is 0.384. The Morgan fingerprint density at radius 3 is 3.00 bits per heavy atom. The van der Waals surface area contributed by atoms with Gasteiger partial charge in [-0.2, -0.15) is 0 Å². The molecular weight excluding hydrogens is 170 g/mol. The molecule has 1 rings (SSSR count). The van der Waals surface area contributed by atoms with E-state index < -0.39 is 5.54 Å². The van der Waals surface area contributed by atoms with Gasteiger partial charge >= 0.3 is 5.97 Å². The summed E-state index contributed by atoms with van der Waals surface area (Å²) in [5.41, 5.74) is -0.887. The molecule has 0 amide bonds. The molecule has 1 heterocycles. The summed E-state index contributed by atoms with van der Waals surface area (Å²) in [6, 6.07) is 0. The number of ether oxygens (including phenoxy) is 1. The van der Waals surface area contributed by atoms with Crippen molar-refractivity contribution < 1.29 is 14.3 Å². The van der Waals surface area contributed by atoms with Crippen LogP contribution >= 0.6 is 0 Å². The molecule has 1 aliphatic heterocycles. The summed E-state index contributed by atoms with van der Waals surface area (Å²) in [5, 5.41) is 2.83. The quantitative estimate of drug-likeness (QED) is 0.629. The van der Waals surface area contributed by atoms with E-state index in [4.69, 9.17) is 4.74 Å². The number of ketones is 1. The zero-order chi connectivity index (χ0) is 9.90. The monoisotopic (exact) mass is 183 g/mol. The van der Waals surface area contributed by atoms with E-state index in [1.54, 1.807) is 13.8 Å². The first-order valence-electron chi connectivity index (χ1n) is 4.23. The molecule has 72 valence electrons. The minimum Gasteiger partial charge on any atom is -0.464 e. The van der Waals surface area contributed by atoms with Gasteiger partial charge in [0.2, 0.25) is 0 Å². The number of nitrogens with one attached hydrogen (secondary N) is 1. The molecule has 0 aromatic heterocycles. The minimum atomic E-state index is -0.887. The van der Waals surface area contributed by atoms with Crippen LogP contribution in [0, 0.1) is 0 Å². The maximum Gasteiger partial charge on any atom is 0.331 e. The average Bonchev–Trinajstić information content (AvgIpc) is 2.04. The second-order valence-electron chi connectivity index (χ2n) is 3.17. The summed E-state index contributed by atoms with van der Waals surface area (Å²) in [4.78, 5) is 22.4. The normalized spacial score (nSPS) is 26.8. The minimum absolute atomic E-state index is 0.0608. The predicted molar refractivity (Wildman–Crippen MR) is 46.9 cm³/mol. The van der Waals surface area contributed by atoms with E-state index in [9.17, 15) is 9.59 Å². The lowest BCUT2D eigenvalue weighted by Gasteiger charge is -2.28. The first-order valence-corrected chi connectivity index (χ1v) is 4.23. The second-order valence-corrected chi connectivity index (χ2v) is 3.17. The molecule has 0 aromatic rings. The van der Waals surface area contributed by atoms with Crippen molar-refractivity contribution in [2.75, 3.05) is 6.61 Å². The van der Waals surface area contributed by atoms with Crippen LogP contribution in [0.4, 0.5) is 0 Å². The highest BCUT2D eigenvalue weighted by Gasteiger charge is 2.37. The van der Waals surface area contributed by atoms with Gasteiger partial charge in [-0.25, -0.2) is 4.79 Å². The van der Waals surface area contributed by atoms with Gasteiger partial charge < -0.3 is 10.1 Å². The summed E-state index contributed by atoms with van der Waals surface area (Å²) in [6.45, 7) is 3.72. The van der Waals surface area contributed by atoms with Gasteiger partial charge in [-0.3, -0.25) is 4.79 Å². The van der Waals surface area contributed by atoms with Gasteiger partial charge in [0.05, 0.1) is 6.61 Å². The fraction of sp³-hybridized carbons (Fsp3) is 0.556. The van der Waals surface area contributed by atoms with Crippen LogP contribution in [0.3, 0.4) is 0 Å². The molecule has 0 bridgehead atoms. The Bertz CT molecular complexity index is 260. The number of allylic oxidation sites excluding steroid dienone is 1. The fourth-order valence-electron chi connectivity index (χ4n) is 1.20. The molecule has 0 aromatic carbocycles. The third kappa shape index (κ3) is 2.08. The van der Waals surface area contributed by atoms with Gasteiger partial charge in [0.1, 0.15) is 5.54 Å². The van der Waals surface area contributed by atoms with Crippen LogP contribution in [-0.4, -0.2) is 23.9 Å². The molecule has 0 radical (unpaired) electrons. The van der Waals surface area contributed by atoms with Gasteiger partial charge in [0, 0.05) is 12.6 Å². The van der Waals surface area contributed by atoms with Crippen molar-refractivity contribution in [3.05, 3.63) is 12.3 Å². The number of rotatable bonds is 2. The van der Waals surface area contributed by atoms with E-state index in [1.165, 1.54) is 12.3 Å². The van der Waals surface area contributed by atoms with Gasteiger partial charge in [-0.15, -0.1) is 0 Å². The summed E-state index contributed by atoms with van der Waals surface area (Å²) < 4.78 is 4.85. The van der Waals surface area contributed by atoms with Crippen molar-refractivity contribution in [2.45, 2.75) is 25.8 Å². The van der Waals surface area contributed by atoms with E-state index >= 15 is 0 Å². The van der Waals surface area contributed by atoms with E-state index in [1.807, 2.05) is 0 Å². The van der Waals surface area contributed by atoms with Crippen LogP contribution in [0.1, 0.15) is 20.3 Å². The lowest BCUT2D eigenvalue weighted by Crippen LogP contribution is -2.51. The molecule has 0 aliphatic carbocycles. The highest BCUT2D eigenvalue weighted by atomic mass is 16.5. The van der Waals surface area contributed by atoms with Gasteiger partial charge in [0.15, 0.2) is 5.78 Å². The van der Waals surface area contributed by atoms with Crippen LogP contribution in [0.5, 0.6) is 0 Å². The largest absolute Gasteiger partial charge is 0.464 e. The maximum absolute atomic E-state index is 11.4. The van der Waals surface area contributed by atoms with E-state index in [-0.39, 0.29) is 18.2 Å². The van der Waals surface area contributed by atoms with Crippen molar-refractivity contribution in [1.82, 2.24) is 5.32 Å². The lowest BCUT2D eigenvalue weighted by molar-refractivity contribution is -0.151. The maximum atomic E-state index is 11.4. The van der Waals surface area contributed by atoms with Crippen LogP contribution in [0.2, 0.25) is 0 Å². The van der Waals surface area contributed by atoms with Crippen molar-refractivity contribution in [3.8, 4) is 0 Å². The Morgan fingerprint density at radius 1 is 1.77 bits per heavy atom. The van der Waals surface area contributed by atoms with Crippen LogP contribution in [0.25, 0.3) is 0 Å². The Balaban J connectivity index is 2.71. The zero-order valence-corrected chi connectivity index (χ0v) is 7.79. The summed E-state index contributed by atoms with van der Waals surface area (Å²) in [7, 11) is 0. The Hall–Kier alpha value is -1.32. The van der Waals surface area contributed by atoms with E-state index in [0.717, 1.165) is 0 Å². The molecule has 0 spiro atoms. The third-order valence-corrected chi connectivity index (χ3v) is 1.92. The molecule has 1 atom stereocenters. The first kappa shape index (κ1) is 9.77. The van der Waals surface area contributed by atoms with Crippen molar-refractivity contribution in [3.63, 3.8) is 0 Å². The molecule has 0 saturated heterocycles. The summed E-state index contributed by atoms with van der Waals surface area (Å²) in [6.07, 6.45) is 3.06. The second kappa shape index (κ2) is 3.60. The lowest BCUT2D eigenvalue weighted by atomic mass is 9.93. The molecule has 13 heavy (non-hydrogen) atoms. The number of hydrogen-bond donors (Lipinski definition) is 1. The van der Waals surface area contributed by atoms with Crippen LogP contribution in [0.15, 0.2) is 12.3 Å². The molecule has 1 unspecified atom stereocenters. The molecule has 1 aliphatic rings. The Morgan fingerprint density at radius 2 is 2.46 bits per heavy atom. The number of esters is 1. The highest BCUT2D eigenvalue weighted by molar-refractivity contribution is 5.97. The van der Waals surface area contributed by atoms with Crippen molar-refractivity contribution in [1.29, 1.82) is 0 Å². The Labute approximate surface area is 76.9 Å². The number of carbonyl (C=O) groups excluding carboxylic acids is 2. The third-order valence-electron chi connectivity index (χ3n) is 1.92. The van der Waals surface area contributed by atoms with E-state index in [2.05, 4.69) is 5.32 Å². The van der Waals surface area contributed by atoms with Gasteiger partial charge in [-0.05, 0) is 19.9 Å². The van der Waals surface area contributed by atoms with Crippen molar-refractivity contribution in [2.24, 2.45) is 0 Å². The summed E-state index contributed by atoms with van der Waals surface area (Å²) in [5.74, 6) is -0.443. The first-order chi connectivity index (χ1) is 6.08. The zero-order valence-electron chi connectivity index (χ0n) is 7.79. The van der Waals surface area contributed by atoms with Gasteiger partial charge in [0.25, 0.3) is 0 Å². The van der Waals surface area contributed by atoms with E-state index in [0.29, 0.717) is 6.61 Å². The number of carbonyl (C=O) groups is 2. The molecule has 1 N–H and O–H groups in total. The van der Waals surface area contributed by atoms with Crippen LogP contribution in [-0.2, 0) is 14.3 Å². The molecule has 0 fully saturated rings. The SMILES string of the molecule is CCOC(=O)C1(C)CC(=O)C=CN1. The van der Waals surface area contributed by atoms with Gasteiger partial charge in [-0.1, -0.05) is 0 Å². The number of hydrogen-bond acceptors (Lipinski definition) is 4. The molecule has 4 nitrogen and oxygen atoms in total. The molecule has 0 saturated carbocycles. The van der Waals surface area contributed by atoms with Crippen molar-refractivity contribution >= 4 is 11.8 Å². The Kier molecular flexibility index (Phi) is 2.70. The fourth-order valence-corrected chi connectivity index (χ4v) is 1.20. The van der Waals surface area contributed by atoms with Crippen LogP contribution < -0.4 is 5.32 Å². The highest BCUT2D eigenvalue weighted by Crippen LogP contribution is 2.16. The smallest absolute Gasteiger partial charge is 0.331 e.